The van der Waals surface area contributed by atoms with Gasteiger partial charge in [-0.2, -0.15) is 0 Å². The Bertz CT molecular complexity index is 1350. The molecule has 2 aromatic carbocycles. The molecule has 0 fully saturated rings. The second kappa shape index (κ2) is 8.56. The summed E-state index contributed by atoms with van der Waals surface area (Å²) in [6.45, 7) is 3.74. The lowest BCUT2D eigenvalue weighted by molar-refractivity contribution is -0.113. The molecule has 2 heterocycles. The molecule has 0 aliphatic heterocycles. The number of hydrogen-bond acceptors (Lipinski definition) is 4. The Kier molecular flexibility index (Phi) is 5.84. The number of amides is 1. The molecular formula is C22H18ClFN4O2S. The molecule has 0 aliphatic rings. The van der Waals surface area contributed by atoms with Gasteiger partial charge in [-0.05, 0) is 61.9 Å². The van der Waals surface area contributed by atoms with Crippen LogP contribution in [0, 0.1) is 19.7 Å². The van der Waals surface area contributed by atoms with Crippen molar-refractivity contribution in [3.63, 3.8) is 0 Å². The molecule has 158 valence electrons. The van der Waals surface area contributed by atoms with Gasteiger partial charge in [-0.1, -0.05) is 29.4 Å². The van der Waals surface area contributed by atoms with Gasteiger partial charge >= 0.3 is 0 Å². The van der Waals surface area contributed by atoms with Crippen LogP contribution in [0.5, 0.6) is 0 Å². The van der Waals surface area contributed by atoms with Gasteiger partial charge in [-0.3, -0.25) is 14.2 Å². The largest absolute Gasteiger partial charge is 0.353 e. The zero-order valence-corrected chi connectivity index (χ0v) is 18.3. The van der Waals surface area contributed by atoms with E-state index in [2.05, 4.69) is 15.3 Å². The zero-order chi connectivity index (χ0) is 22.1. The molecule has 0 spiro atoms. The van der Waals surface area contributed by atoms with Gasteiger partial charge in [0.1, 0.15) is 11.3 Å². The summed E-state index contributed by atoms with van der Waals surface area (Å²) >= 11 is 7.29. The average molecular weight is 457 g/mol. The Morgan fingerprint density at radius 2 is 1.94 bits per heavy atom. The molecule has 4 aromatic rings. The van der Waals surface area contributed by atoms with Crippen LogP contribution >= 0.6 is 23.4 Å². The van der Waals surface area contributed by atoms with Crippen molar-refractivity contribution in [2.45, 2.75) is 19.0 Å². The van der Waals surface area contributed by atoms with Gasteiger partial charge in [0.2, 0.25) is 5.91 Å². The van der Waals surface area contributed by atoms with Crippen molar-refractivity contribution in [2.75, 3.05) is 11.1 Å². The normalized spacial score (nSPS) is 11.1. The van der Waals surface area contributed by atoms with E-state index in [-0.39, 0.29) is 17.2 Å². The van der Waals surface area contributed by atoms with Crippen molar-refractivity contribution >= 4 is 46.0 Å². The minimum absolute atomic E-state index is 0.00670. The Labute approximate surface area is 186 Å². The highest BCUT2D eigenvalue weighted by Crippen LogP contribution is 2.25. The van der Waals surface area contributed by atoms with Gasteiger partial charge in [0.15, 0.2) is 5.16 Å². The number of halogens is 2. The Morgan fingerprint density at radius 3 is 2.65 bits per heavy atom. The number of thioether (sulfide) groups is 1. The van der Waals surface area contributed by atoms with E-state index in [1.54, 1.807) is 18.2 Å². The number of carbonyl (C=O) groups excluding carboxylic acids is 1. The van der Waals surface area contributed by atoms with Crippen molar-refractivity contribution in [3.05, 3.63) is 81.0 Å². The van der Waals surface area contributed by atoms with Crippen LogP contribution in [0.25, 0.3) is 16.7 Å². The number of carbonyl (C=O) groups is 1. The highest BCUT2D eigenvalue weighted by atomic mass is 35.5. The molecule has 31 heavy (non-hydrogen) atoms. The number of anilines is 1. The van der Waals surface area contributed by atoms with Crippen LogP contribution in [0.3, 0.4) is 0 Å². The van der Waals surface area contributed by atoms with Gasteiger partial charge in [0.25, 0.3) is 5.56 Å². The van der Waals surface area contributed by atoms with E-state index in [9.17, 15) is 14.0 Å². The van der Waals surface area contributed by atoms with Crippen LogP contribution in [-0.2, 0) is 4.79 Å². The number of aromatic nitrogens is 3. The first-order valence-electron chi connectivity index (χ1n) is 9.39. The highest BCUT2D eigenvalue weighted by Gasteiger charge is 2.17. The van der Waals surface area contributed by atoms with Crippen LogP contribution < -0.4 is 10.9 Å². The van der Waals surface area contributed by atoms with Gasteiger partial charge < -0.3 is 10.3 Å². The first-order valence-corrected chi connectivity index (χ1v) is 10.8. The number of hydrogen-bond donors (Lipinski definition) is 2. The molecule has 6 nitrogen and oxygen atoms in total. The van der Waals surface area contributed by atoms with Crippen LogP contribution in [0.2, 0.25) is 5.02 Å². The molecule has 2 aromatic heterocycles. The number of H-pyrrole nitrogens is 1. The summed E-state index contributed by atoms with van der Waals surface area (Å²) < 4.78 is 14.8. The molecule has 9 heteroatoms. The van der Waals surface area contributed by atoms with E-state index in [0.717, 1.165) is 23.0 Å². The molecule has 0 saturated carbocycles. The van der Waals surface area contributed by atoms with Crippen molar-refractivity contribution in [1.82, 2.24) is 14.5 Å². The summed E-state index contributed by atoms with van der Waals surface area (Å²) in [5.41, 5.74) is 3.27. The Hall–Kier alpha value is -3.10. The van der Waals surface area contributed by atoms with E-state index >= 15 is 0 Å². The Balaban J connectivity index is 1.66. The number of aryl methyl sites for hydroxylation is 2. The van der Waals surface area contributed by atoms with Crippen LogP contribution in [0.1, 0.15) is 11.3 Å². The quantitative estimate of drug-likeness (QED) is 0.332. The van der Waals surface area contributed by atoms with Crippen molar-refractivity contribution in [3.8, 4) is 5.69 Å². The zero-order valence-electron chi connectivity index (χ0n) is 16.7. The highest BCUT2D eigenvalue weighted by molar-refractivity contribution is 7.99. The summed E-state index contributed by atoms with van der Waals surface area (Å²) in [4.78, 5) is 33.2. The number of nitrogens with zero attached hydrogens (tertiary/aromatic N) is 2. The predicted octanol–water partition coefficient (Wildman–Crippen LogP) is 4.85. The third-order valence-electron chi connectivity index (χ3n) is 4.57. The van der Waals surface area contributed by atoms with E-state index < -0.39 is 5.82 Å². The third-order valence-corrected chi connectivity index (χ3v) is 5.82. The van der Waals surface area contributed by atoms with Gasteiger partial charge in [0, 0.05) is 5.69 Å². The molecule has 0 radical (unpaired) electrons. The fourth-order valence-electron chi connectivity index (χ4n) is 3.13. The minimum Gasteiger partial charge on any atom is -0.353 e. The predicted molar refractivity (Wildman–Crippen MR) is 122 cm³/mol. The summed E-state index contributed by atoms with van der Waals surface area (Å²) in [6, 6.07) is 12.7. The minimum atomic E-state index is -0.412. The second-order valence-electron chi connectivity index (χ2n) is 7.04. The SMILES string of the molecule is Cc1ccc(NC(=O)CSc2nc3cc(C)[nH]c3c(=O)n2-c2ccc(F)cc2)c(Cl)c1. The summed E-state index contributed by atoms with van der Waals surface area (Å²) in [6.07, 6.45) is 0. The van der Waals surface area contributed by atoms with E-state index in [0.29, 0.717) is 32.6 Å². The molecule has 0 aliphatic carbocycles. The summed E-state index contributed by atoms with van der Waals surface area (Å²) in [7, 11) is 0. The molecule has 1 amide bonds. The topological polar surface area (TPSA) is 79.8 Å². The van der Waals surface area contributed by atoms with E-state index in [1.807, 2.05) is 19.9 Å². The number of benzene rings is 2. The summed E-state index contributed by atoms with van der Waals surface area (Å²) in [5, 5.41) is 3.54. The first-order chi connectivity index (χ1) is 14.8. The van der Waals surface area contributed by atoms with Crippen molar-refractivity contribution in [2.24, 2.45) is 0 Å². The number of rotatable bonds is 5. The maximum absolute atomic E-state index is 13.4. The fourth-order valence-corrected chi connectivity index (χ4v) is 4.23. The number of fused-ring (bicyclic) bond motifs is 1. The molecule has 0 bridgehead atoms. The van der Waals surface area contributed by atoms with Crippen molar-refractivity contribution < 1.29 is 9.18 Å². The lowest BCUT2D eigenvalue weighted by atomic mass is 10.2. The Morgan fingerprint density at radius 1 is 1.19 bits per heavy atom. The lowest BCUT2D eigenvalue weighted by Gasteiger charge is -2.12. The maximum atomic E-state index is 13.4. The second-order valence-corrected chi connectivity index (χ2v) is 8.39. The third kappa shape index (κ3) is 4.50. The smallest absolute Gasteiger partial charge is 0.283 e. The first kappa shape index (κ1) is 21.1. The molecule has 4 rings (SSSR count). The van der Waals surface area contributed by atoms with Gasteiger partial charge in [0.05, 0.1) is 27.7 Å². The standard InChI is InChI=1S/C22H18ClFN4O2S/c1-12-3-8-17(16(23)9-12)26-19(29)11-31-22-27-18-10-13(2)25-20(18)21(30)28(22)15-6-4-14(24)5-7-15/h3-10,25H,11H2,1-2H3,(H,26,29). The molecule has 0 unspecified atom stereocenters. The summed E-state index contributed by atoms with van der Waals surface area (Å²) in [5.74, 6) is -0.696. The fraction of sp³-hybridized carbons (Fsp3) is 0.136. The molecule has 0 atom stereocenters. The van der Waals surface area contributed by atoms with Crippen LogP contribution in [0.4, 0.5) is 10.1 Å². The van der Waals surface area contributed by atoms with E-state index in [1.165, 1.54) is 28.8 Å². The van der Waals surface area contributed by atoms with Crippen LogP contribution in [0.15, 0.2) is 58.5 Å². The molecule has 0 saturated heterocycles. The van der Waals surface area contributed by atoms with Gasteiger partial charge in [-0.15, -0.1) is 0 Å². The van der Waals surface area contributed by atoms with Crippen LogP contribution in [-0.4, -0.2) is 26.2 Å². The van der Waals surface area contributed by atoms with E-state index in [4.69, 9.17) is 11.6 Å². The number of nitrogens with one attached hydrogen (secondary N) is 2. The average Bonchev–Trinajstić information content (AvgIpc) is 3.10. The molecule has 2 N–H and O–H groups in total. The molecular weight excluding hydrogens is 439 g/mol. The monoisotopic (exact) mass is 456 g/mol. The lowest BCUT2D eigenvalue weighted by Crippen LogP contribution is -2.23. The number of aromatic amines is 1. The van der Waals surface area contributed by atoms with Crippen molar-refractivity contribution in [1.29, 1.82) is 0 Å². The van der Waals surface area contributed by atoms with Gasteiger partial charge in [-0.25, -0.2) is 9.37 Å². The maximum Gasteiger partial charge on any atom is 0.283 e.